The van der Waals surface area contributed by atoms with E-state index in [1.807, 2.05) is 0 Å². The van der Waals surface area contributed by atoms with Gasteiger partial charge in [-0.2, -0.15) is 0 Å². The first-order chi connectivity index (χ1) is 21.4. The predicted octanol–water partition coefficient (Wildman–Crippen LogP) is 5.01. The number of carbonyl (C=O) groups excluding carboxylic acids is 2. The van der Waals surface area contributed by atoms with Gasteiger partial charge in [0.1, 0.15) is 0 Å². The average molecular weight is 675 g/mol. The van der Waals surface area contributed by atoms with Crippen molar-refractivity contribution < 1.29 is 32.7 Å². The molecule has 1 aliphatic carbocycles. The average Bonchev–Trinajstić information content (AvgIpc) is 2.97. The second-order valence-electron chi connectivity index (χ2n) is 11.4. The van der Waals surface area contributed by atoms with Crippen molar-refractivity contribution in [3.05, 3.63) is 105 Å². The molecular formula is C32H33Cl2N3O7S. The minimum absolute atomic E-state index is 0.00541. The van der Waals surface area contributed by atoms with Gasteiger partial charge in [-0.3, -0.25) is 19.2 Å². The number of nitrogens with one attached hydrogen (secondary N) is 2. The molecule has 10 nitrogen and oxygen atoms in total. The maximum atomic E-state index is 14.3. The number of sulfonamides is 1. The SMILES string of the molecule is CS(=O)(=O)N[C@H]1CCCCC1N1C(=O)c2ccccc2[C@@H](C(=O)NOCc2ccc(CC(=O)O)cc2)[C@@H]1c1ccc(Cl)cc1Cl. The Bertz CT molecular complexity index is 1700. The summed E-state index contributed by atoms with van der Waals surface area (Å²) >= 11 is 13.0. The Balaban J connectivity index is 1.52. The molecule has 3 N–H and O–H groups in total. The zero-order chi connectivity index (χ0) is 32.3. The van der Waals surface area contributed by atoms with E-state index in [0.29, 0.717) is 45.7 Å². The number of carboxylic acid groups (broad SMARTS) is 1. The number of benzene rings is 3. The van der Waals surface area contributed by atoms with E-state index < -0.39 is 45.9 Å². The van der Waals surface area contributed by atoms with Crippen LogP contribution >= 0.6 is 23.2 Å². The van der Waals surface area contributed by atoms with Crippen LogP contribution in [0.5, 0.6) is 0 Å². The number of carboxylic acids is 1. The molecule has 238 valence electrons. The lowest BCUT2D eigenvalue weighted by Crippen LogP contribution is -2.59. The number of fused-ring (bicyclic) bond motifs is 1. The van der Waals surface area contributed by atoms with Crippen LogP contribution < -0.4 is 10.2 Å². The summed E-state index contributed by atoms with van der Waals surface area (Å²) in [6, 6.07) is 16.5. The molecule has 0 aromatic heterocycles. The number of hydrogen-bond acceptors (Lipinski definition) is 6. The Labute approximate surface area is 271 Å². The lowest BCUT2D eigenvalue weighted by molar-refractivity contribution is -0.138. The van der Waals surface area contributed by atoms with Crippen molar-refractivity contribution in [2.45, 2.75) is 62.8 Å². The summed E-state index contributed by atoms with van der Waals surface area (Å²) in [7, 11) is -3.61. The van der Waals surface area contributed by atoms with E-state index in [9.17, 15) is 22.8 Å². The zero-order valence-electron chi connectivity index (χ0n) is 24.4. The second kappa shape index (κ2) is 13.9. The molecule has 5 rings (SSSR count). The van der Waals surface area contributed by atoms with Gasteiger partial charge in [-0.05, 0) is 53.3 Å². The molecule has 1 aliphatic heterocycles. The first kappa shape index (κ1) is 32.9. The highest BCUT2D eigenvalue weighted by Crippen LogP contribution is 2.47. The summed E-state index contributed by atoms with van der Waals surface area (Å²) in [5, 5.41) is 9.65. The molecule has 4 atom stereocenters. The highest BCUT2D eigenvalue weighted by atomic mass is 35.5. The Morgan fingerprint density at radius 2 is 1.67 bits per heavy atom. The van der Waals surface area contributed by atoms with E-state index in [1.54, 1.807) is 71.6 Å². The number of nitrogens with zero attached hydrogens (tertiary/aromatic N) is 1. The summed E-state index contributed by atoms with van der Waals surface area (Å²) in [6.07, 6.45) is 3.58. The van der Waals surface area contributed by atoms with Crippen molar-refractivity contribution in [3.8, 4) is 0 Å². The summed E-state index contributed by atoms with van der Waals surface area (Å²) in [4.78, 5) is 46.7. The standard InChI is InChI=1S/C32H33Cl2N3O7S/c1-45(42,43)36-26-8-4-5-9-27(26)37-30(24-15-14-21(33)17-25(24)34)29(22-6-2-3-7-23(22)32(37)41)31(40)35-44-18-20-12-10-19(11-13-20)16-28(38)39/h2-3,6-7,10-15,17,26-27,29-30,36H,4-5,8-9,16,18H2,1H3,(H,35,40)(H,38,39)/t26-,27?,29+,30-/m0/s1. The summed E-state index contributed by atoms with van der Waals surface area (Å²) in [5.74, 6) is -2.77. The van der Waals surface area contributed by atoms with Crippen LogP contribution in [0.1, 0.15) is 70.3 Å². The van der Waals surface area contributed by atoms with Crippen LogP contribution in [0.4, 0.5) is 0 Å². The number of amides is 2. The van der Waals surface area contributed by atoms with E-state index in [2.05, 4.69) is 10.2 Å². The molecule has 2 amide bonds. The molecule has 3 aromatic carbocycles. The fourth-order valence-corrected chi connectivity index (χ4v) is 7.66. The van der Waals surface area contributed by atoms with Crippen LogP contribution in [-0.2, 0) is 37.5 Å². The van der Waals surface area contributed by atoms with Crippen LogP contribution in [0.15, 0.2) is 66.7 Å². The van der Waals surface area contributed by atoms with Gasteiger partial charge >= 0.3 is 5.97 Å². The molecule has 0 spiro atoms. The number of carbonyl (C=O) groups is 3. The lowest BCUT2D eigenvalue weighted by atomic mass is 9.76. The van der Waals surface area contributed by atoms with Crippen LogP contribution in [0, 0.1) is 0 Å². The molecule has 3 aromatic rings. The number of aliphatic carboxylic acids is 1. The number of rotatable bonds is 10. The lowest BCUT2D eigenvalue weighted by Gasteiger charge is -2.49. The fourth-order valence-electron chi connectivity index (χ4n) is 6.31. The maximum Gasteiger partial charge on any atom is 0.307 e. The Morgan fingerprint density at radius 3 is 2.36 bits per heavy atom. The highest BCUT2D eigenvalue weighted by molar-refractivity contribution is 7.88. The van der Waals surface area contributed by atoms with Crippen LogP contribution in [-0.4, -0.2) is 54.5 Å². The zero-order valence-corrected chi connectivity index (χ0v) is 26.7. The molecule has 2 aliphatic rings. The van der Waals surface area contributed by atoms with Gasteiger partial charge in [0.2, 0.25) is 10.0 Å². The molecule has 0 radical (unpaired) electrons. The summed E-state index contributed by atoms with van der Waals surface area (Å²) in [5.41, 5.74) is 5.20. The van der Waals surface area contributed by atoms with Gasteiger partial charge in [0.25, 0.3) is 11.8 Å². The first-order valence-corrected chi connectivity index (χ1v) is 17.1. The molecular weight excluding hydrogens is 641 g/mol. The van der Waals surface area contributed by atoms with E-state index in [0.717, 1.165) is 19.1 Å². The second-order valence-corrected chi connectivity index (χ2v) is 14.0. The molecule has 0 bridgehead atoms. The normalized spacial score (nSPS) is 21.7. The Morgan fingerprint density at radius 1 is 0.978 bits per heavy atom. The van der Waals surface area contributed by atoms with Gasteiger partial charge in [-0.1, -0.05) is 84.6 Å². The van der Waals surface area contributed by atoms with Crippen molar-refractivity contribution in [3.63, 3.8) is 0 Å². The first-order valence-electron chi connectivity index (χ1n) is 14.5. The Kier molecular flexibility index (Phi) is 10.1. The van der Waals surface area contributed by atoms with E-state index in [1.165, 1.54) is 0 Å². The van der Waals surface area contributed by atoms with Crippen molar-refractivity contribution in [1.29, 1.82) is 0 Å². The van der Waals surface area contributed by atoms with Crippen molar-refractivity contribution in [2.24, 2.45) is 0 Å². The summed E-state index contributed by atoms with van der Waals surface area (Å²) in [6.45, 7) is 0.00541. The van der Waals surface area contributed by atoms with Crippen LogP contribution in [0.2, 0.25) is 10.0 Å². The molecule has 1 fully saturated rings. The molecule has 13 heteroatoms. The molecule has 1 heterocycles. The topological polar surface area (TPSA) is 142 Å². The van der Waals surface area contributed by atoms with Crippen molar-refractivity contribution in [1.82, 2.24) is 15.1 Å². The third-order valence-electron chi connectivity index (χ3n) is 8.18. The molecule has 1 unspecified atom stereocenters. The molecule has 45 heavy (non-hydrogen) atoms. The van der Waals surface area contributed by atoms with Gasteiger partial charge < -0.3 is 10.0 Å². The van der Waals surface area contributed by atoms with Gasteiger partial charge in [0.15, 0.2) is 0 Å². The monoisotopic (exact) mass is 673 g/mol. The maximum absolute atomic E-state index is 14.3. The smallest absolute Gasteiger partial charge is 0.307 e. The van der Waals surface area contributed by atoms with Gasteiger partial charge in [-0.25, -0.2) is 18.6 Å². The third-order valence-corrected chi connectivity index (χ3v) is 9.48. The van der Waals surface area contributed by atoms with E-state index >= 15 is 0 Å². The molecule has 1 saturated carbocycles. The van der Waals surface area contributed by atoms with E-state index in [-0.39, 0.29) is 24.0 Å². The third kappa shape index (κ3) is 7.67. The quantitative estimate of drug-likeness (QED) is 0.257. The summed E-state index contributed by atoms with van der Waals surface area (Å²) < 4.78 is 27.5. The molecule has 0 saturated heterocycles. The van der Waals surface area contributed by atoms with Crippen molar-refractivity contribution >= 4 is 51.0 Å². The fraction of sp³-hybridized carbons (Fsp3) is 0.344. The predicted molar refractivity (Wildman–Crippen MR) is 169 cm³/mol. The van der Waals surface area contributed by atoms with Crippen molar-refractivity contribution in [2.75, 3.05) is 6.26 Å². The highest BCUT2D eigenvalue weighted by Gasteiger charge is 2.49. The van der Waals surface area contributed by atoms with Gasteiger partial charge in [0, 0.05) is 27.7 Å². The Hall–Kier alpha value is -3.48. The van der Waals surface area contributed by atoms with Gasteiger partial charge in [-0.15, -0.1) is 0 Å². The number of halogens is 2. The van der Waals surface area contributed by atoms with Crippen LogP contribution in [0.3, 0.4) is 0 Å². The number of hydrogen-bond donors (Lipinski definition) is 3. The minimum atomic E-state index is -3.61. The minimum Gasteiger partial charge on any atom is -0.481 e. The van der Waals surface area contributed by atoms with E-state index in [4.69, 9.17) is 33.1 Å². The largest absolute Gasteiger partial charge is 0.481 e. The number of hydroxylamine groups is 1. The van der Waals surface area contributed by atoms with Crippen LogP contribution in [0.25, 0.3) is 0 Å². The van der Waals surface area contributed by atoms with Gasteiger partial charge in [0.05, 0.1) is 31.2 Å².